The number of amides is 1. The Kier molecular flexibility index (Phi) is 6.83. The van der Waals surface area contributed by atoms with Gasteiger partial charge in [0.2, 0.25) is 5.91 Å². The molecule has 0 saturated carbocycles. The second-order valence-corrected chi connectivity index (χ2v) is 9.14. The largest absolute Gasteiger partial charge is 0.342 e. The standard InChI is InChI=1S/C24H34N6O/c1-4-11-28(3)24(31)23-18-29-12-10-20(23)13-22(29)17-30-16-21(25-26-30)15-27(2)14-19-8-6-5-7-9-19/h4-9,16,20,22-23H,1,10-15,17-18H2,2-3H3/t20-,22+,23-/m0/s1. The van der Waals surface area contributed by atoms with Crippen LogP contribution in [0.25, 0.3) is 0 Å². The van der Waals surface area contributed by atoms with Crippen LogP contribution in [0.2, 0.25) is 0 Å². The van der Waals surface area contributed by atoms with Crippen molar-refractivity contribution in [1.29, 1.82) is 0 Å². The van der Waals surface area contributed by atoms with Crippen LogP contribution in [0.4, 0.5) is 0 Å². The molecule has 1 aromatic heterocycles. The molecule has 0 radical (unpaired) electrons. The number of hydrogen-bond donors (Lipinski definition) is 0. The lowest BCUT2D eigenvalue weighted by atomic mass is 9.75. The first-order chi connectivity index (χ1) is 15.0. The van der Waals surface area contributed by atoms with Crippen LogP contribution in [0.15, 0.2) is 49.2 Å². The van der Waals surface area contributed by atoms with Gasteiger partial charge in [-0.2, -0.15) is 0 Å². The van der Waals surface area contributed by atoms with E-state index in [0.717, 1.165) is 51.3 Å². The van der Waals surface area contributed by atoms with E-state index in [0.29, 0.717) is 18.5 Å². The molecule has 2 aromatic rings. The SMILES string of the molecule is C=CCN(C)C(=O)[C@H]1CN2CC[C@H]1C[C@@H]2Cn1cc(CN(C)Cc2ccccc2)nn1. The monoisotopic (exact) mass is 422 g/mol. The van der Waals surface area contributed by atoms with Gasteiger partial charge in [0.1, 0.15) is 0 Å². The van der Waals surface area contributed by atoms with Gasteiger partial charge in [0.25, 0.3) is 0 Å². The molecular weight excluding hydrogens is 388 g/mol. The quantitative estimate of drug-likeness (QED) is 0.580. The predicted molar refractivity (Wildman–Crippen MR) is 121 cm³/mol. The molecule has 0 N–H and O–H groups in total. The summed E-state index contributed by atoms with van der Waals surface area (Å²) in [7, 11) is 3.99. The average molecular weight is 423 g/mol. The number of carbonyl (C=O) groups excluding carboxylic acids is 1. The third-order valence-corrected chi connectivity index (χ3v) is 6.69. The number of fused-ring (bicyclic) bond motifs is 3. The lowest BCUT2D eigenvalue weighted by Gasteiger charge is -2.49. The van der Waals surface area contributed by atoms with Crippen molar-refractivity contribution >= 4 is 5.91 Å². The van der Waals surface area contributed by atoms with Gasteiger partial charge in [0.05, 0.1) is 18.2 Å². The van der Waals surface area contributed by atoms with Gasteiger partial charge < -0.3 is 4.90 Å². The van der Waals surface area contributed by atoms with Gasteiger partial charge in [0, 0.05) is 45.5 Å². The fourth-order valence-corrected chi connectivity index (χ4v) is 5.12. The van der Waals surface area contributed by atoms with Gasteiger partial charge >= 0.3 is 0 Å². The van der Waals surface area contributed by atoms with Crippen LogP contribution in [0, 0.1) is 11.8 Å². The van der Waals surface area contributed by atoms with Crippen molar-refractivity contribution in [2.75, 3.05) is 33.7 Å². The van der Waals surface area contributed by atoms with Crippen molar-refractivity contribution in [2.45, 2.75) is 38.5 Å². The van der Waals surface area contributed by atoms with Crippen molar-refractivity contribution in [3.63, 3.8) is 0 Å². The Balaban J connectivity index is 1.30. The van der Waals surface area contributed by atoms with Crippen LogP contribution in [-0.2, 0) is 24.4 Å². The van der Waals surface area contributed by atoms with E-state index in [1.54, 1.807) is 6.08 Å². The summed E-state index contributed by atoms with van der Waals surface area (Å²) in [6.07, 6.45) is 6.04. The summed E-state index contributed by atoms with van der Waals surface area (Å²) in [5.41, 5.74) is 2.29. The van der Waals surface area contributed by atoms with Gasteiger partial charge in [-0.1, -0.05) is 41.6 Å². The summed E-state index contributed by atoms with van der Waals surface area (Å²) in [6.45, 7) is 8.81. The third-order valence-electron chi connectivity index (χ3n) is 6.69. The molecule has 4 atom stereocenters. The molecule has 166 valence electrons. The highest BCUT2D eigenvalue weighted by molar-refractivity contribution is 5.79. The molecule has 7 nitrogen and oxygen atoms in total. The number of nitrogens with zero attached hydrogens (tertiary/aromatic N) is 6. The second-order valence-electron chi connectivity index (χ2n) is 9.14. The van der Waals surface area contributed by atoms with Gasteiger partial charge in [0.15, 0.2) is 0 Å². The maximum absolute atomic E-state index is 12.8. The number of carbonyl (C=O) groups is 1. The van der Waals surface area contributed by atoms with Crippen LogP contribution in [0.1, 0.15) is 24.1 Å². The first-order valence-corrected chi connectivity index (χ1v) is 11.2. The summed E-state index contributed by atoms with van der Waals surface area (Å²) in [5, 5.41) is 8.78. The molecule has 3 fully saturated rings. The van der Waals surface area contributed by atoms with Crippen molar-refractivity contribution < 1.29 is 4.79 Å². The fraction of sp³-hybridized carbons (Fsp3) is 0.542. The molecule has 1 amide bonds. The molecule has 1 unspecified atom stereocenters. The highest BCUT2D eigenvalue weighted by atomic mass is 16.2. The molecule has 2 bridgehead atoms. The number of piperidine rings is 3. The van der Waals surface area contributed by atoms with E-state index in [1.165, 1.54) is 5.56 Å². The molecule has 31 heavy (non-hydrogen) atoms. The minimum Gasteiger partial charge on any atom is -0.342 e. The van der Waals surface area contributed by atoms with E-state index in [2.05, 4.69) is 64.2 Å². The lowest BCUT2D eigenvalue weighted by molar-refractivity contribution is -0.142. The molecule has 1 aromatic carbocycles. The van der Waals surface area contributed by atoms with E-state index < -0.39 is 0 Å². The maximum atomic E-state index is 12.8. The minimum atomic E-state index is 0.118. The molecule has 0 spiro atoms. The van der Waals surface area contributed by atoms with Gasteiger partial charge in [-0.25, -0.2) is 0 Å². The van der Waals surface area contributed by atoms with E-state index in [1.807, 2.05) is 22.7 Å². The lowest BCUT2D eigenvalue weighted by Crippen LogP contribution is -2.58. The van der Waals surface area contributed by atoms with Crippen molar-refractivity contribution in [3.05, 3.63) is 60.4 Å². The minimum absolute atomic E-state index is 0.118. The van der Waals surface area contributed by atoms with E-state index >= 15 is 0 Å². The number of aromatic nitrogens is 3. The third kappa shape index (κ3) is 5.22. The zero-order chi connectivity index (χ0) is 21.8. The summed E-state index contributed by atoms with van der Waals surface area (Å²) in [6, 6.07) is 10.9. The summed E-state index contributed by atoms with van der Waals surface area (Å²) in [4.78, 5) is 19.3. The molecule has 7 heteroatoms. The van der Waals surface area contributed by atoms with Crippen molar-refractivity contribution in [2.24, 2.45) is 11.8 Å². The normalized spacial score (nSPS) is 25.0. The zero-order valence-electron chi connectivity index (χ0n) is 18.7. The first kappa shape index (κ1) is 21.7. The molecule has 4 heterocycles. The topological polar surface area (TPSA) is 57.5 Å². The molecular formula is C24H34N6O. The van der Waals surface area contributed by atoms with Gasteiger partial charge in [-0.05, 0) is 37.9 Å². The summed E-state index contributed by atoms with van der Waals surface area (Å²) >= 11 is 0. The van der Waals surface area contributed by atoms with Crippen LogP contribution in [0.5, 0.6) is 0 Å². The number of hydrogen-bond acceptors (Lipinski definition) is 5. The van der Waals surface area contributed by atoms with Gasteiger partial charge in [-0.3, -0.25) is 19.3 Å². The number of likely N-dealkylation sites (N-methyl/N-ethyl adjacent to an activating group) is 1. The number of benzene rings is 1. The summed E-state index contributed by atoms with van der Waals surface area (Å²) in [5.74, 6) is 0.847. The van der Waals surface area contributed by atoms with Crippen molar-refractivity contribution in [3.8, 4) is 0 Å². The average Bonchev–Trinajstić information content (AvgIpc) is 3.21. The van der Waals surface area contributed by atoms with E-state index in [9.17, 15) is 4.79 Å². The zero-order valence-corrected chi connectivity index (χ0v) is 18.7. The predicted octanol–water partition coefficient (Wildman–Crippen LogP) is 2.26. The Labute approximate surface area is 185 Å². The highest BCUT2D eigenvalue weighted by Gasteiger charge is 2.44. The van der Waals surface area contributed by atoms with Crippen molar-refractivity contribution in [1.82, 2.24) is 29.7 Å². The Hall–Kier alpha value is -2.51. The van der Waals surface area contributed by atoms with Gasteiger partial charge in [-0.15, -0.1) is 11.7 Å². The molecule has 3 saturated heterocycles. The Morgan fingerprint density at radius 2 is 2.06 bits per heavy atom. The van der Waals surface area contributed by atoms with Crippen LogP contribution in [0.3, 0.4) is 0 Å². The Bertz CT molecular complexity index is 881. The Morgan fingerprint density at radius 3 is 2.77 bits per heavy atom. The first-order valence-electron chi connectivity index (χ1n) is 11.2. The maximum Gasteiger partial charge on any atom is 0.227 e. The second kappa shape index (κ2) is 9.75. The van der Waals surface area contributed by atoms with Crippen LogP contribution in [-0.4, -0.2) is 75.4 Å². The summed E-state index contributed by atoms with van der Waals surface area (Å²) < 4.78 is 1.98. The van der Waals surface area contributed by atoms with Crippen LogP contribution >= 0.6 is 0 Å². The van der Waals surface area contributed by atoms with E-state index in [-0.39, 0.29) is 11.8 Å². The van der Waals surface area contributed by atoms with E-state index in [4.69, 9.17) is 0 Å². The highest BCUT2D eigenvalue weighted by Crippen LogP contribution is 2.37. The molecule has 3 aliphatic rings. The fourth-order valence-electron chi connectivity index (χ4n) is 5.12. The number of rotatable bonds is 9. The smallest absolute Gasteiger partial charge is 0.227 e. The molecule has 0 aliphatic carbocycles. The molecule has 5 rings (SSSR count). The Morgan fingerprint density at radius 1 is 1.26 bits per heavy atom. The molecule has 3 aliphatic heterocycles. The van der Waals surface area contributed by atoms with Crippen LogP contribution < -0.4 is 0 Å².